The number of nitrogens with one attached hydrogen (secondary N) is 2. The van der Waals surface area contributed by atoms with Crippen molar-refractivity contribution in [3.63, 3.8) is 0 Å². The second-order valence-corrected chi connectivity index (χ2v) is 5.20. The van der Waals surface area contributed by atoms with Gasteiger partial charge in [-0.2, -0.15) is 0 Å². The van der Waals surface area contributed by atoms with Crippen LogP contribution in [0, 0.1) is 11.8 Å². The van der Waals surface area contributed by atoms with Crippen LogP contribution in [-0.2, 0) is 4.79 Å². The summed E-state index contributed by atoms with van der Waals surface area (Å²) in [6, 6.07) is 0. The van der Waals surface area contributed by atoms with Crippen molar-refractivity contribution in [2.24, 2.45) is 11.8 Å². The van der Waals surface area contributed by atoms with Crippen LogP contribution in [0.2, 0.25) is 0 Å². The first kappa shape index (κ1) is 14.5. The standard InChI is InChI=1S/C14H28N2O/c1-3-5-7-12(4-2)10-16-14(17)13-8-6-9-15-11-13/h12-13,15H,3-11H2,1-2H3,(H,16,17). The zero-order chi connectivity index (χ0) is 12.5. The SMILES string of the molecule is CCCCC(CC)CNC(=O)C1CCCNC1. The summed E-state index contributed by atoms with van der Waals surface area (Å²) in [6.45, 7) is 7.23. The molecule has 1 saturated heterocycles. The molecule has 1 aliphatic heterocycles. The maximum Gasteiger partial charge on any atom is 0.224 e. The van der Waals surface area contributed by atoms with E-state index in [-0.39, 0.29) is 11.8 Å². The van der Waals surface area contributed by atoms with Gasteiger partial charge in [-0.15, -0.1) is 0 Å². The van der Waals surface area contributed by atoms with E-state index in [0.717, 1.165) is 32.5 Å². The maximum atomic E-state index is 11.9. The fourth-order valence-corrected chi connectivity index (χ4v) is 2.41. The highest BCUT2D eigenvalue weighted by Crippen LogP contribution is 2.13. The van der Waals surface area contributed by atoms with Gasteiger partial charge in [0.1, 0.15) is 0 Å². The molecule has 2 atom stereocenters. The molecule has 3 nitrogen and oxygen atoms in total. The van der Waals surface area contributed by atoms with Crippen molar-refractivity contribution in [1.82, 2.24) is 10.6 Å². The number of hydrogen-bond acceptors (Lipinski definition) is 2. The Bertz CT molecular complexity index is 212. The lowest BCUT2D eigenvalue weighted by Gasteiger charge is -2.23. The molecule has 0 aliphatic carbocycles. The molecular weight excluding hydrogens is 212 g/mol. The molecule has 0 bridgehead atoms. The molecule has 0 aromatic carbocycles. The fourth-order valence-electron chi connectivity index (χ4n) is 2.41. The van der Waals surface area contributed by atoms with Crippen LogP contribution in [0.15, 0.2) is 0 Å². The molecule has 17 heavy (non-hydrogen) atoms. The zero-order valence-electron chi connectivity index (χ0n) is 11.4. The summed E-state index contributed by atoms with van der Waals surface area (Å²) < 4.78 is 0. The second kappa shape index (κ2) is 8.51. The van der Waals surface area contributed by atoms with Crippen LogP contribution < -0.4 is 10.6 Å². The quantitative estimate of drug-likeness (QED) is 0.717. The summed E-state index contributed by atoms with van der Waals surface area (Å²) in [7, 11) is 0. The Kier molecular flexibility index (Phi) is 7.25. The maximum absolute atomic E-state index is 11.9. The fraction of sp³-hybridized carbons (Fsp3) is 0.929. The number of unbranched alkanes of at least 4 members (excludes halogenated alkanes) is 1. The molecule has 0 aromatic rings. The number of piperidine rings is 1. The number of carbonyl (C=O) groups excluding carboxylic acids is 1. The normalized spacial score (nSPS) is 22.1. The van der Waals surface area contributed by atoms with Crippen LogP contribution in [0.4, 0.5) is 0 Å². The van der Waals surface area contributed by atoms with Crippen molar-refractivity contribution in [1.29, 1.82) is 0 Å². The third-order valence-corrected chi connectivity index (χ3v) is 3.78. The number of carbonyl (C=O) groups is 1. The Morgan fingerprint density at radius 1 is 1.47 bits per heavy atom. The zero-order valence-corrected chi connectivity index (χ0v) is 11.4. The summed E-state index contributed by atoms with van der Waals surface area (Å²) in [5, 5.41) is 6.42. The predicted molar refractivity (Wildman–Crippen MR) is 71.9 cm³/mol. The summed E-state index contributed by atoms with van der Waals surface area (Å²) in [4.78, 5) is 11.9. The van der Waals surface area contributed by atoms with E-state index in [4.69, 9.17) is 0 Å². The minimum Gasteiger partial charge on any atom is -0.356 e. The Balaban J connectivity index is 2.20. The first-order valence-corrected chi connectivity index (χ1v) is 7.26. The lowest BCUT2D eigenvalue weighted by molar-refractivity contribution is -0.125. The Labute approximate surface area is 106 Å². The van der Waals surface area contributed by atoms with Crippen molar-refractivity contribution in [2.75, 3.05) is 19.6 Å². The van der Waals surface area contributed by atoms with Gasteiger partial charge in [-0.25, -0.2) is 0 Å². The molecule has 0 saturated carbocycles. The van der Waals surface area contributed by atoms with Gasteiger partial charge in [-0.05, 0) is 31.7 Å². The number of rotatable bonds is 7. The molecule has 1 rings (SSSR count). The molecule has 2 unspecified atom stereocenters. The van der Waals surface area contributed by atoms with Gasteiger partial charge in [0.25, 0.3) is 0 Å². The van der Waals surface area contributed by atoms with Crippen molar-refractivity contribution in [3.8, 4) is 0 Å². The van der Waals surface area contributed by atoms with Crippen molar-refractivity contribution in [2.45, 2.75) is 52.4 Å². The highest BCUT2D eigenvalue weighted by molar-refractivity contribution is 5.78. The highest BCUT2D eigenvalue weighted by Gasteiger charge is 2.21. The van der Waals surface area contributed by atoms with Crippen molar-refractivity contribution >= 4 is 5.91 Å². The topological polar surface area (TPSA) is 41.1 Å². The molecule has 100 valence electrons. The van der Waals surface area contributed by atoms with Crippen LogP contribution >= 0.6 is 0 Å². The van der Waals surface area contributed by atoms with Gasteiger partial charge in [-0.1, -0.05) is 33.1 Å². The van der Waals surface area contributed by atoms with Gasteiger partial charge in [0.05, 0.1) is 5.92 Å². The van der Waals surface area contributed by atoms with Gasteiger partial charge in [0.15, 0.2) is 0 Å². The van der Waals surface area contributed by atoms with Crippen molar-refractivity contribution < 1.29 is 4.79 Å². The van der Waals surface area contributed by atoms with Crippen molar-refractivity contribution in [3.05, 3.63) is 0 Å². The van der Waals surface area contributed by atoms with E-state index in [1.54, 1.807) is 0 Å². The molecule has 3 heteroatoms. The molecule has 1 amide bonds. The smallest absolute Gasteiger partial charge is 0.224 e. The third kappa shape index (κ3) is 5.53. The third-order valence-electron chi connectivity index (χ3n) is 3.78. The summed E-state index contributed by atoms with van der Waals surface area (Å²) in [5.41, 5.74) is 0. The Morgan fingerprint density at radius 2 is 2.29 bits per heavy atom. The van der Waals surface area contributed by atoms with Crippen LogP contribution in [0.3, 0.4) is 0 Å². The largest absolute Gasteiger partial charge is 0.356 e. The highest BCUT2D eigenvalue weighted by atomic mass is 16.1. The minimum atomic E-state index is 0.201. The van der Waals surface area contributed by atoms with E-state index >= 15 is 0 Å². The molecule has 1 fully saturated rings. The summed E-state index contributed by atoms with van der Waals surface area (Å²) in [5.74, 6) is 1.12. The molecule has 1 heterocycles. The average Bonchev–Trinajstić information content (AvgIpc) is 2.39. The van der Waals surface area contributed by atoms with E-state index in [9.17, 15) is 4.79 Å². The first-order valence-electron chi connectivity index (χ1n) is 7.26. The van der Waals surface area contributed by atoms with Gasteiger partial charge >= 0.3 is 0 Å². The molecule has 1 aliphatic rings. The van der Waals surface area contributed by atoms with E-state index in [1.807, 2.05) is 0 Å². The summed E-state index contributed by atoms with van der Waals surface area (Å²) in [6.07, 6.45) is 7.12. The Morgan fingerprint density at radius 3 is 2.88 bits per heavy atom. The second-order valence-electron chi connectivity index (χ2n) is 5.20. The molecular formula is C14H28N2O. The number of amides is 1. The van der Waals surface area contributed by atoms with Crippen LogP contribution in [0.5, 0.6) is 0 Å². The van der Waals surface area contributed by atoms with Gasteiger partial charge < -0.3 is 10.6 Å². The van der Waals surface area contributed by atoms with E-state index in [2.05, 4.69) is 24.5 Å². The number of hydrogen-bond donors (Lipinski definition) is 2. The van der Waals surface area contributed by atoms with E-state index < -0.39 is 0 Å². The average molecular weight is 240 g/mol. The van der Waals surface area contributed by atoms with Crippen LogP contribution in [0.1, 0.15) is 52.4 Å². The summed E-state index contributed by atoms with van der Waals surface area (Å²) >= 11 is 0. The van der Waals surface area contributed by atoms with Crippen LogP contribution in [-0.4, -0.2) is 25.5 Å². The van der Waals surface area contributed by atoms with Gasteiger partial charge in [0, 0.05) is 13.1 Å². The monoisotopic (exact) mass is 240 g/mol. The van der Waals surface area contributed by atoms with Gasteiger partial charge in [-0.3, -0.25) is 4.79 Å². The van der Waals surface area contributed by atoms with E-state index in [1.165, 1.54) is 25.7 Å². The molecule has 2 N–H and O–H groups in total. The molecule has 0 radical (unpaired) electrons. The lowest BCUT2D eigenvalue weighted by atomic mass is 9.97. The van der Waals surface area contributed by atoms with Gasteiger partial charge in [0.2, 0.25) is 5.91 Å². The van der Waals surface area contributed by atoms with E-state index in [0.29, 0.717) is 5.92 Å². The Hall–Kier alpha value is -0.570. The lowest BCUT2D eigenvalue weighted by Crippen LogP contribution is -2.41. The molecule has 0 spiro atoms. The predicted octanol–water partition coefficient (Wildman–Crippen LogP) is 2.32. The first-order chi connectivity index (χ1) is 8.27. The molecule has 0 aromatic heterocycles. The minimum absolute atomic E-state index is 0.201. The van der Waals surface area contributed by atoms with Crippen LogP contribution in [0.25, 0.3) is 0 Å².